The summed E-state index contributed by atoms with van der Waals surface area (Å²) in [5, 5.41) is 0. The van der Waals surface area contributed by atoms with E-state index in [0.717, 1.165) is 18.4 Å². The van der Waals surface area contributed by atoms with Gasteiger partial charge in [0.15, 0.2) is 0 Å². The van der Waals surface area contributed by atoms with Crippen molar-refractivity contribution in [2.75, 3.05) is 0 Å². The molecule has 0 aliphatic carbocycles. The summed E-state index contributed by atoms with van der Waals surface area (Å²) in [5.41, 5.74) is 2.74. The first kappa shape index (κ1) is 12.7. The Bertz CT molecular complexity index is 519. The molecule has 18 heavy (non-hydrogen) atoms. The third-order valence-electron chi connectivity index (χ3n) is 3.11. The van der Waals surface area contributed by atoms with Crippen molar-refractivity contribution in [1.29, 1.82) is 0 Å². The fourth-order valence-electron chi connectivity index (χ4n) is 1.96. The second kappa shape index (κ2) is 5.30. The van der Waals surface area contributed by atoms with Crippen molar-refractivity contribution in [3.05, 3.63) is 59.2 Å². The van der Waals surface area contributed by atoms with E-state index in [9.17, 15) is 8.78 Å². The molecule has 0 aromatic heterocycles. The van der Waals surface area contributed by atoms with Gasteiger partial charge in [0.25, 0.3) is 0 Å². The van der Waals surface area contributed by atoms with Crippen molar-refractivity contribution in [3.63, 3.8) is 0 Å². The standard InChI is InChI=1S/C16H16F2/c1-3-4-12-5-7-13(8-6-12)14-9-15(17)11(2)16(18)10-14/h5-10H,3-4H2,1-2H3. The average molecular weight is 246 g/mol. The van der Waals surface area contributed by atoms with Crippen LogP contribution in [0.2, 0.25) is 0 Å². The van der Waals surface area contributed by atoms with Crippen LogP contribution in [0.3, 0.4) is 0 Å². The predicted molar refractivity (Wildman–Crippen MR) is 70.5 cm³/mol. The third-order valence-corrected chi connectivity index (χ3v) is 3.11. The minimum absolute atomic E-state index is 0.0707. The van der Waals surface area contributed by atoms with E-state index in [1.165, 1.54) is 24.6 Å². The van der Waals surface area contributed by atoms with Gasteiger partial charge in [-0.3, -0.25) is 0 Å². The molecular weight excluding hydrogens is 230 g/mol. The summed E-state index contributed by atoms with van der Waals surface area (Å²) in [6.45, 7) is 3.57. The molecule has 0 N–H and O–H groups in total. The molecule has 0 nitrogen and oxygen atoms in total. The highest BCUT2D eigenvalue weighted by Gasteiger charge is 2.08. The smallest absolute Gasteiger partial charge is 0.129 e. The van der Waals surface area contributed by atoms with Gasteiger partial charge in [-0.25, -0.2) is 8.78 Å². The highest BCUT2D eigenvalue weighted by Crippen LogP contribution is 2.24. The zero-order valence-corrected chi connectivity index (χ0v) is 10.6. The molecule has 94 valence electrons. The fraction of sp³-hybridized carbons (Fsp3) is 0.250. The summed E-state index contributed by atoms with van der Waals surface area (Å²) in [5.74, 6) is -0.995. The Morgan fingerprint density at radius 1 is 0.889 bits per heavy atom. The quantitative estimate of drug-likeness (QED) is 0.723. The van der Waals surface area contributed by atoms with Gasteiger partial charge in [-0.05, 0) is 42.2 Å². The highest BCUT2D eigenvalue weighted by atomic mass is 19.1. The normalized spacial score (nSPS) is 10.7. The Morgan fingerprint density at radius 3 is 1.94 bits per heavy atom. The Labute approximate surface area is 106 Å². The van der Waals surface area contributed by atoms with Crippen molar-refractivity contribution in [2.24, 2.45) is 0 Å². The van der Waals surface area contributed by atoms with E-state index in [2.05, 4.69) is 6.92 Å². The monoisotopic (exact) mass is 246 g/mol. The molecule has 2 rings (SSSR count). The average Bonchev–Trinajstić information content (AvgIpc) is 2.37. The van der Waals surface area contributed by atoms with Crippen LogP contribution in [0.1, 0.15) is 24.5 Å². The van der Waals surface area contributed by atoms with Crippen LogP contribution in [-0.2, 0) is 6.42 Å². The summed E-state index contributed by atoms with van der Waals surface area (Å²) >= 11 is 0. The summed E-state index contributed by atoms with van der Waals surface area (Å²) in [7, 11) is 0. The molecule has 0 unspecified atom stereocenters. The molecule has 0 bridgehead atoms. The first-order valence-electron chi connectivity index (χ1n) is 6.16. The SMILES string of the molecule is CCCc1ccc(-c2cc(F)c(C)c(F)c2)cc1. The number of hydrogen-bond donors (Lipinski definition) is 0. The number of rotatable bonds is 3. The Balaban J connectivity index is 2.36. The second-order valence-corrected chi connectivity index (χ2v) is 4.51. The minimum Gasteiger partial charge on any atom is -0.207 e. The molecule has 0 heterocycles. The van der Waals surface area contributed by atoms with Gasteiger partial charge in [0.1, 0.15) is 11.6 Å². The number of benzene rings is 2. The van der Waals surface area contributed by atoms with Gasteiger partial charge in [-0.15, -0.1) is 0 Å². The van der Waals surface area contributed by atoms with Gasteiger partial charge in [-0.2, -0.15) is 0 Å². The number of aryl methyl sites for hydroxylation is 1. The first-order chi connectivity index (χ1) is 8.61. The van der Waals surface area contributed by atoms with E-state index in [0.29, 0.717) is 5.56 Å². The topological polar surface area (TPSA) is 0 Å². The number of hydrogen-bond acceptors (Lipinski definition) is 0. The van der Waals surface area contributed by atoms with E-state index in [-0.39, 0.29) is 5.56 Å². The molecule has 2 aromatic rings. The Morgan fingerprint density at radius 2 is 1.44 bits per heavy atom. The summed E-state index contributed by atoms with van der Waals surface area (Å²) in [4.78, 5) is 0. The largest absolute Gasteiger partial charge is 0.207 e. The van der Waals surface area contributed by atoms with Crippen LogP contribution in [0.5, 0.6) is 0 Å². The predicted octanol–water partition coefficient (Wildman–Crippen LogP) is 4.89. The van der Waals surface area contributed by atoms with Crippen LogP contribution < -0.4 is 0 Å². The molecule has 0 fully saturated rings. The molecule has 0 amide bonds. The van der Waals surface area contributed by atoms with Crippen molar-refractivity contribution in [3.8, 4) is 11.1 Å². The molecule has 0 radical (unpaired) electrons. The third kappa shape index (κ3) is 2.58. The van der Waals surface area contributed by atoms with E-state index in [4.69, 9.17) is 0 Å². The minimum atomic E-state index is -0.498. The zero-order valence-electron chi connectivity index (χ0n) is 10.6. The molecule has 0 saturated carbocycles. The molecule has 0 spiro atoms. The maximum atomic E-state index is 13.5. The maximum Gasteiger partial charge on any atom is 0.129 e. The zero-order chi connectivity index (χ0) is 13.1. The summed E-state index contributed by atoms with van der Waals surface area (Å²) in [6, 6.07) is 10.6. The van der Waals surface area contributed by atoms with Gasteiger partial charge < -0.3 is 0 Å². The van der Waals surface area contributed by atoms with Crippen molar-refractivity contribution in [2.45, 2.75) is 26.7 Å². The first-order valence-corrected chi connectivity index (χ1v) is 6.16. The van der Waals surface area contributed by atoms with Crippen molar-refractivity contribution < 1.29 is 8.78 Å². The van der Waals surface area contributed by atoms with E-state index in [1.807, 2.05) is 24.3 Å². The molecule has 0 aliphatic rings. The van der Waals surface area contributed by atoms with Crippen molar-refractivity contribution >= 4 is 0 Å². The lowest BCUT2D eigenvalue weighted by Crippen LogP contribution is -1.91. The van der Waals surface area contributed by atoms with Gasteiger partial charge >= 0.3 is 0 Å². The molecule has 2 heteroatoms. The van der Waals surface area contributed by atoms with Crippen LogP contribution in [0.4, 0.5) is 8.78 Å². The fourth-order valence-corrected chi connectivity index (χ4v) is 1.96. The summed E-state index contributed by atoms with van der Waals surface area (Å²) < 4.78 is 27.0. The van der Waals surface area contributed by atoms with Gasteiger partial charge in [0, 0.05) is 5.56 Å². The van der Waals surface area contributed by atoms with E-state index >= 15 is 0 Å². The molecule has 2 aromatic carbocycles. The maximum absolute atomic E-state index is 13.5. The van der Waals surface area contributed by atoms with Crippen LogP contribution in [0.15, 0.2) is 36.4 Å². The molecule has 0 aliphatic heterocycles. The second-order valence-electron chi connectivity index (χ2n) is 4.51. The van der Waals surface area contributed by atoms with Crippen LogP contribution in [-0.4, -0.2) is 0 Å². The number of halogens is 2. The Hall–Kier alpha value is -1.70. The van der Waals surface area contributed by atoms with E-state index in [1.54, 1.807) is 0 Å². The summed E-state index contributed by atoms with van der Waals surface area (Å²) in [6.07, 6.45) is 2.12. The van der Waals surface area contributed by atoms with Gasteiger partial charge in [-0.1, -0.05) is 37.6 Å². The Kier molecular flexibility index (Phi) is 3.75. The molecule has 0 atom stereocenters. The van der Waals surface area contributed by atoms with E-state index < -0.39 is 11.6 Å². The lowest BCUT2D eigenvalue weighted by Gasteiger charge is -2.06. The van der Waals surface area contributed by atoms with Crippen LogP contribution >= 0.6 is 0 Å². The van der Waals surface area contributed by atoms with Crippen molar-refractivity contribution in [1.82, 2.24) is 0 Å². The van der Waals surface area contributed by atoms with Crippen LogP contribution in [0.25, 0.3) is 11.1 Å². The molecule has 0 saturated heterocycles. The lowest BCUT2D eigenvalue weighted by atomic mass is 10.0. The lowest BCUT2D eigenvalue weighted by molar-refractivity contribution is 0.569. The van der Waals surface area contributed by atoms with Crippen LogP contribution in [0, 0.1) is 18.6 Å². The molecular formula is C16H16F2. The van der Waals surface area contributed by atoms with Gasteiger partial charge in [0.05, 0.1) is 0 Å². The van der Waals surface area contributed by atoms with Gasteiger partial charge in [0.2, 0.25) is 0 Å². The highest BCUT2D eigenvalue weighted by molar-refractivity contribution is 5.64.